The number of nitrogens with one attached hydrogen (secondary N) is 2. The maximum atomic E-state index is 12.6. The van der Waals surface area contributed by atoms with E-state index in [1.807, 2.05) is 0 Å². The van der Waals surface area contributed by atoms with Crippen molar-refractivity contribution in [3.63, 3.8) is 0 Å². The van der Waals surface area contributed by atoms with E-state index in [0.29, 0.717) is 36.8 Å². The van der Waals surface area contributed by atoms with Crippen molar-refractivity contribution in [1.29, 1.82) is 0 Å². The highest BCUT2D eigenvalue weighted by molar-refractivity contribution is 5.79. The lowest BCUT2D eigenvalue weighted by Gasteiger charge is -2.15. The number of alkyl halides is 2. The number of esters is 1. The third kappa shape index (κ3) is 10.5. The lowest BCUT2D eigenvalue weighted by molar-refractivity contribution is -0.143. The molecule has 1 aromatic rings. The predicted molar refractivity (Wildman–Crippen MR) is 108 cm³/mol. The van der Waals surface area contributed by atoms with E-state index in [-0.39, 0.29) is 18.3 Å². The number of rotatable bonds is 13. The molecule has 0 aliphatic heterocycles. The molecule has 0 heterocycles. The van der Waals surface area contributed by atoms with Crippen molar-refractivity contribution < 1.29 is 27.8 Å². The van der Waals surface area contributed by atoms with E-state index in [9.17, 15) is 13.6 Å². The Labute approximate surface area is 170 Å². The minimum Gasteiger partial charge on any atom is -0.497 e. The number of ether oxygens (including phenoxy) is 3. The van der Waals surface area contributed by atoms with Crippen LogP contribution in [0.4, 0.5) is 8.78 Å². The molecular formula is C20H31F2N3O4. The Bertz CT molecular complexity index is 642. The number of aliphatic imine (C=N–C) groups is 1. The topological polar surface area (TPSA) is 81.2 Å². The second-order valence-electron chi connectivity index (χ2n) is 6.17. The van der Waals surface area contributed by atoms with Gasteiger partial charge in [-0.2, -0.15) is 8.78 Å². The summed E-state index contributed by atoms with van der Waals surface area (Å²) in [6.07, 6.45) is 4.11. The summed E-state index contributed by atoms with van der Waals surface area (Å²) in [5.41, 5.74) is 0.534. The molecular weight excluding hydrogens is 384 g/mol. The minimum absolute atomic E-state index is 0.0883. The van der Waals surface area contributed by atoms with Gasteiger partial charge in [-0.25, -0.2) is 0 Å². The zero-order valence-electron chi connectivity index (χ0n) is 17.3. The molecule has 0 fully saturated rings. The molecule has 0 spiro atoms. The molecule has 1 aromatic carbocycles. The van der Waals surface area contributed by atoms with Crippen molar-refractivity contribution in [3.05, 3.63) is 23.8 Å². The lowest BCUT2D eigenvalue weighted by atomic mass is 10.1. The van der Waals surface area contributed by atoms with Gasteiger partial charge < -0.3 is 24.8 Å². The maximum Gasteiger partial charge on any atom is 0.387 e. The van der Waals surface area contributed by atoms with Gasteiger partial charge in [-0.3, -0.25) is 9.79 Å². The van der Waals surface area contributed by atoms with E-state index in [0.717, 1.165) is 25.7 Å². The van der Waals surface area contributed by atoms with Crippen molar-refractivity contribution in [2.75, 3.05) is 27.3 Å². The number of guanidine groups is 1. The van der Waals surface area contributed by atoms with Crippen molar-refractivity contribution in [3.8, 4) is 11.5 Å². The normalized spacial score (nSPS) is 11.3. The van der Waals surface area contributed by atoms with Crippen LogP contribution in [0.15, 0.2) is 23.2 Å². The van der Waals surface area contributed by atoms with E-state index in [1.54, 1.807) is 26.1 Å². The fraction of sp³-hybridized carbons (Fsp3) is 0.600. The van der Waals surface area contributed by atoms with E-state index in [2.05, 4.69) is 20.4 Å². The van der Waals surface area contributed by atoms with Crippen molar-refractivity contribution in [2.45, 2.75) is 52.2 Å². The van der Waals surface area contributed by atoms with Crippen LogP contribution in [0.5, 0.6) is 11.5 Å². The molecule has 0 aromatic heterocycles. The van der Waals surface area contributed by atoms with Crippen molar-refractivity contribution in [1.82, 2.24) is 10.6 Å². The zero-order valence-corrected chi connectivity index (χ0v) is 17.3. The number of unbranched alkanes of at least 4 members (excludes halogenated alkanes) is 3. The van der Waals surface area contributed by atoms with Crippen molar-refractivity contribution in [2.24, 2.45) is 4.99 Å². The summed E-state index contributed by atoms with van der Waals surface area (Å²) in [5.74, 6) is 1.05. The molecule has 164 valence electrons. The predicted octanol–water partition coefficient (Wildman–Crippen LogP) is 3.48. The van der Waals surface area contributed by atoms with Crippen LogP contribution in [0.25, 0.3) is 0 Å². The standard InChI is InChI=1S/C20H31F2N3O4/c1-4-28-18(26)9-7-5-6-8-12-24-20(23-2)25-14-15-13-16(27-3)10-11-17(15)29-19(21)22/h10-11,13,19H,4-9,12,14H2,1-3H3,(H2,23,24,25). The molecule has 0 unspecified atom stereocenters. The van der Waals surface area contributed by atoms with Crippen LogP contribution < -0.4 is 20.1 Å². The van der Waals surface area contributed by atoms with Gasteiger partial charge in [0, 0.05) is 32.1 Å². The molecule has 2 N–H and O–H groups in total. The first-order valence-electron chi connectivity index (χ1n) is 9.72. The average molecular weight is 415 g/mol. The van der Waals surface area contributed by atoms with Crippen LogP contribution in [0, 0.1) is 0 Å². The molecule has 0 radical (unpaired) electrons. The number of halogens is 2. The van der Waals surface area contributed by atoms with Crippen LogP contribution in [0.3, 0.4) is 0 Å². The third-order valence-electron chi connectivity index (χ3n) is 4.06. The molecule has 0 saturated carbocycles. The first-order chi connectivity index (χ1) is 14.0. The number of hydrogen-bond donors (Lipinski definition) is 2. The number of carbonyl (C=O) groups is 1. The summed E-state index contributed by atoms with van der Waals surface area (Å²) >= 11 is 0. The molecule has 0 amide bonds. The van der Waals surface area contributed by atoms with Gasteiger partial charge in [-0.05, 0) is 38.0 Å². The minimum atomic E-state index is -2.90. The fourth-order valence-corrected chi connectivity index (χ4v) is 2.62. The Balaban J connectivity index is 2.36. The average Bonchev–Trinajstić information content (AvgIpc) is 2.70. The van der Waals surface area contributed by atoms with E-state index in [1.165, 1.54) is 13.2 Å². The molecule has 29 heavy (non-hydrogen) atoms. The quantitative estimate of drug-likeness (QED) is 0.222. The van der Waals surface area contributed by atoms with Crippen LogP contribution >= 0.6 is 0 Å². The summed E-state index contributed by atoms with van der Waals surface area (Å²) in [4.78, 5) is 15.4. The van der Waals surface area contributed by atoms with E-state index < -0.39 is 6.61 Å². The Kier molecular flexibility index (Phi) is 12.2. The first kappa shape index (κ1) is 24.5. The molecule has 0 atom stereocenters. The summed E-state index contributed by atoms with van der Waals surface area (Å²) < 4.78 is 39.8. The Morgan fingerprint density at radius 1 is 1.17 bits per heavy atom. The van der Waals surface area contributed by atoms with Crippen LogP contribution in [-0.4, -0.2) is 45.8 Å². The summed E-state index contributed by atoms with van der Waals surface area (Å²) in [6, 6.07) is 4.66. The van der Waals surface area contributed by atoms with Gasteiger partial charge in [0.15, 0.2) is 5.96 Å². The number of methoxy groups -OCH3 is 1. The summed E-state index contributed by atoms with van der Waals surface area (Å²) in [7, 11) is 3.14. The highest BCUT2D eigenvalue weighted by Crippen LogP contribution is 2.25. The van der Waals surface area contributed by atoms with Gasteiger partial charge in [0.1, 0.15) is 11.5 Å². The lowest BCUT2D eigenvalue weighted by Crippen LogP contribution is -2.37. The van der Waals surface area contributed by atoms with Gasteiger partial charge in [0.2, 0.25) is 0 Å². The Morgan fingerprint density at radius 3 is 2.59 bits per heavy atom. The number of benzene rings is 1. The van der Waals surface area contributed by atoms with Crippen LogP contribution in [-0.2, 0) is 16.1 Å². The first-order valence-corrected chi connectivity index (χ1v) is 9.72. The molecule has 7 nitrogen and oxygen atoms in total. The Morgan fingerprint density at radius 2 is 1.93 bits per heavy atom. The van der Waals surface area contributed by atoms with Gasteiger partial charge in [0.25, 0.3) is 0 Å². The van der Waals surface area contributed by atoms with Crippen molar-refractivity contribution >= 4 is 11.9 Å². The Hall–Kier alpha value is -2.58. The number of carbonyl (C=O) groups excluding carboxylic acids is 1. The number of nitrogens with zero attached hydrogens (tertiary/aromatic N) is 1. The van der Waals surface area contributed by atoms with E-state index in [4.69, 9.17) is 9.47 Å². The fourth-order valence-electron chi connectivity index (χ4n) is 2.62. The summed E-state index contributed by atoms with van der Waals surface area (Å²) in [6.45, 7) is 0.269. The highest BCUT2D eigenvalue weighted by Gasteiger charge is 2.11. The van der Waals surface area contributed by atoms with E-state index >= 15 is 0 Å². The second kappa shape index (κ2) is 14.4. The van der Waals surface area contributed by atoms with Gasteiger partial charge >= 0.3 is 12.6 Å². The molecule has 0 aliphatic carbocycles. The smallest absolute Gasteiger partial charge is 0.387 e. The monoisotopic (exact) mass is 415 g/mol. The van der Waals surface area contributed by atoms with Gasteiger partial charge in [-0.1, -0.05) is 12.8 Å². The molecule has 1 rings (SSSR count). The molecule has 0 bridgehead atoms. The molecule has 9 heteroatoms. The largest absolute Gasteiger partial charge is 0.497 e. The van der Waals surface area contributed by atoms with Crippen LogP contribution in [0.1, 0.15) is 44.6 Å². The summed E-state index contributed by atoms with van der Waals surface area (Å²) in [5, 5.41) is 6.25. The number of hydrogen-bond acceptors (Lipinski definition) is 5. The van der Waals surface area contributed by atoms with Gasteiger partial charge in [-0.15, -0.1) is 0 Å². The second-order valence-corrected chi connectivity index (χ2v) is 6.17. The maximum absolute atomic E-state index is 12.6. The molecule has 0 saturated heterocycles. The third-order valence-corrected chi connectivity index (χ3v) is 4.06. The molecule has 0 aliphatic rings. The zero-order chi connectivity index (χ0) is 21.5. The van der Waals surface area contributed by atoms with Crippen LogP contribution in [0.2, 0.25) is 0 Å². The van der Waals surface area contributed by atoms with Gasteiger partial charge in [0.05, 0.1) is 13.7 Å². The highest BCUT2D eigenvalue weighted by atomic mass is 19.3. The SMILES string of the molecule is CCOC(=O)CCCCCCNC(=NC)NCc1cc(OC)ccc1OC(F)F.